The zero-order valence-corrected chi connectivity index (χ0v) is 33.2. The van der Waals surface area contributed by atoms with Crippen molar-refractivity contribution in [1.82, 2.24) is 25.4 Å². The lowest BCUT2D eigenvalue weighted by atomic mass is 9.49. The number of aromatic nitrogens is 1. The van der Waals surface area contributed by atoms with Gasteiger partial charge in [-0.25, -0.2) is 4.98 Å². The summed E-state index contributed by atoms with van der Waals surface area (Å²) in [4.78, 5) is 73.5. The fourth-order valence-corrected chi connectivity index (χ4v) is 9.10. The Morgan fingerprint density at radius 3 is 2.33 bits per heavy atom. The molecule has 1 aromatic heterocycles. The van der Waals surface area contributed by atoms with Gasteiger partial charge in [0.25, 0.3) is 17.7 Å². The van der Waals surface area contributed by atoms with Crippen LogP contribution in [0.4, 0.5) is 5.82 Å². The summed E-state index contributed by atoms with van der Waals surface area (Å²) in [5.74, 6) is -0.455. The first kappa shape index (κ1) is 39.7. The molecule has 2 aromatic carbocycles. The monoisotopic (exact) mass is 795 g/mol. The topological polar surface area (TPSA) is 174 Å². The van der Waals surface area contributed by atoms with Crippen LogP contribution in [0.15, 0.2) is 54.7 Å². The molecule has 3 aromatic rings. The molecule has 0 spiro atoms. The summed E-state index contributed by atoms with van der Waals surface area (Å²) >= 11 is 6.23. The number of anilines is 1. The normalized spacial score (nSPS) is 22.6. The maximum absolute atomic E-state index is 13.4. The highest BCUT2D eigenvalue weighted by Crippen LogP contribution is 2.55. The lowest BCUT2D eigenvalue weighted by Crippen LogP contribution is -2.74. The minimum absolute atomic E-state index is 0.0689. The summed E-state index contributed by atoms with van der Waals surface area (Å²) in [5.41, 5.74) is 0.541. The van der Waals surface area contributed by atoms with Gasteiger partial charge in [-0.1, -0.05) is 39.3 Å². The van der Waals surface area contributed by atoms with E-state index in [0.717, 1.165) is 56.3 Å². The second-order valence-electron chi connectivity index (χ2n) is 16.2. The molecule has 0 radical (unpaired) electrons. The predicted octanol–water partition coefficient (Wildman–Crippen LogP) is 4.60. The lowest BCUT2D eigenvalue weighted by Gasteiger charge is -2.63. The molecule has 4 heterocycles. The van der Waals surface area contributed by atoms with Crippen LogP contribution >= 0.6 is 11.6 Å². The molecule has 298 valence electrons. The van der Waals surface area contributed by atoms with E-state index in [2.05, 4.69) is 59.2 Å². The van der Waals surface area contributed by atoms with Crippen LogP contribution in [0.5, 0.6) is 11.5 Å². The number of fused-ring (bicyclic) bond motifs is 1. The standard InChI is InChI=1S/C42H46ClN7O7/c1-41(2)39(42(3,4)40(41)57-28-9-7-25(23-44)31(43)22-28)47-35(52)26-8-13-33(45-24-26)49-18-16-48(17-19-49)15-5-6-20-56-27-10-11-29-30(21-27)38(55)50(37(29)54)32-12-14-34(51)46-36(32)53/h7-11,13,21-22,24,32,39-40H,5-6,12,14-20H2,1-4H3,(H,47,52)(H,46,51,53). The minimum Gasteiger partial charge on any atom is -0.494 e. The van der Waals surface area contributed by atoms with Crippen molar-refractivity contribution in [2.45, 2.75) is 71.6 Å². The van der Waals surface area contributed by atoms with Gasteiger partial charge < -0.3 is 19.7 Å². The summed E-state index contributed by atoms with van der Waals surface area (Å²) in [6.07, 6.45) is 3.32. The number of piperazine rings is 1. The van der Waals surface area contributed by atoms with Gasteiger partial charge in [0.15, 0.2) is 0 Å². The number of carbonyl (C=O) groups is 5. The molecule has 4 aliphatic rings. The number of halogens is 1. The third-order valence-electron chi connectivity index (χ3n) is 11.7. The second-order valence-corrected chi connectivity index (χ2v) is 16.7. The van der Waals surface area contributed by atoms with Crippen LogP contribution in [0.2, 0.25) is 5.02 Å². The van der Waals surface area contributed by atoms with E-state index < -0.39 is 29.7 Å². The van der Waals surface area contributed by atoms with Gasteiger partial charge in [0.1, 0.15) is 35.5 Å². The average Bonchev–Trinajstić information content (AvgIpc) is 3.43. The number of hydrogen-bond donors (Lipinski definition) is 2. The fraction of sp³-hybridized carbons (Fsp3) is 0.452. The Bertz CT molecular complexity index is 2130. The van der Waals surface area contributed by atoms with E-state index in [9.17, 15) is 29.2 Å². The molecule has 3 fully saturated rings. The number of amides is 5. The Morgan fingerprint density at radius 1 is 0.947 bits per heavy atom. The molecule has 0 bridgehead atoms. The van der Waals surface area contributed by atoms with Crippen LogP contribution in [-0.4, -0.2) is 102 Å². The highest BCUT2D eigenvalue weighted by molar-refractivity contribution is 6.31. The predicted molar refractivity (Wildman–Crippen MR) is 210 cm³/mol. The molecular weight excluding hydrogens is 750 g/mol. The minimum atomic E-state index is -1.00. The van der Waals surface area contributed by atoms with E-state index in [1.807, 2.05) is 12.1 Å². The van der Waals surface area contributed by atoms with Crippen LogP contribution < -0.4 is 25.0 Å². The number of rotatable bonds is 12. The maximum Gasteiger partial charge on any atom is 0.262 e. The first-order valence-electron chi connectivity index (χ1n) is 19.3. The molecule has 5 amide bonds. The van der Waals surface area contributed by atoms with Crippen molar-refractivity contribution in [3.63, 3.8) is 0 Å². The highest BCUT2D eigenvalue weighted by Gasteiger charge is 2.64. The zero-order valence-electron chi connectivity index (χ0n) is 32.5. The Hall–Kier alpha value is -5.52. The van der Waals surface area contributed by atoms with Gasteiger partial charge in [-0.2, -0.15) is 5.26 Å². The molecule has 2 saturated heterocycles. The van der Waals surface area contributed by atoms with Crippen molar-refractivity contribution < 1.29 is 33.4 Å². The van der Waals surface area contributed by atoms with E-state index in [1.54, 1.807) is 42.6 Å². The summed E-state index contributed by atoms with van der Waals surface area (Å²) in [6.45, 7) is 13.0. The van der Waals surface area contributed by atoms with Gasteiger partial charge in [0.05, 0.1) is 33.9 Å². The number of hydrogen-bond acceptors (Lipinski definition) is 11. The molecule has 1 atom stereocenters. The van der Waals surface area contributed by atoms with E-state index in [0.29, 0.717) is 34.3 Å². The number of benzene rings is 2. The van der Waals surface area contributed by atoms with Crippen molar-refractivity contribution in [2.75, 3.05) is 44.2 Å². The third-order valence-corrected chi connectivity index (χ3v) is 12.0. The number of imide groups is 2. The number of nitrogens with one attached hydrogen (secondary N) is 2. The van der Waals surface area contributed by atoms with Crippen LogP contribution in [0.3, 0.4) is 0 Å². The quantitative estimate of drug-likeness (QED) is 0.194. The number of nitriles is 1. The van der Waals surface area contributed by atoms with Gasteiger partial charge in [-0.15, -0.1) is 0 Å². The van der Waals surface area contributed by atoms with E-state index in [1.165, 1.54) is 0 Å². The summed E-state index contributed by atoms with van der Waals surface area (Å²) in [5, 5.41) is 15.0. The smallest absolute Gasteiger partial charge is 0.262 e. The highest BCUT2D eigenvalue weighted by atomic mass is 35.5. The number of unbranched alkanes of at least 4 members (excludes halogenated alkanes) is 1. The molecule has 3 aliphatic heterocycles. The van der Waals surface area contributed by atoms with Crippen molar-refractivity contribution in [2.24, 2.45) is 10.8 Å². The largest absolute Gasteiger partial charge is 0.494 e. The second kappa shape index (κ2) is 15.8. The molecule has 57 heavy (non-hydrogen) atoms. The molecule has 15 heteroatoms. The summed E-state index contributed by atoms with van der Waals surface area (Å²) < 4.78 is 12.3. The summed E-state index contributed by atoms with van der Waals surface area (Å²) in [6, 6.07) is 14.4. The van der Waals surface area contributed by atoms with Crippen LogP contribution in [-0.2, 0) is 9.59 Å². The van der Waals surface area contributed by atoms with Crippen LogP contribution in [0, 0.1) is 22.2 Å². The molecule has 1 saturated carbocycles. The number of ether oxygens (including phenoxy) is 2. The first-order valence-corrected chi connectivity index (χ1v) is 19.7. The van der Waals surface area contributed by atoms with Gasteiger partial charge in [0.2, 0.25) is 11.8 Å². The Labute approximate surface area is 336 Å². The molecule has 14 nitrogen and oxygen atoms in total. The number of nitrogens with zero attached hydrogens (tertiary/aromatic N) is 5. The van der Waals surface area contributed by atoms with Crippen molar-refractivity contribution in [3.8, 4) is 17.6 Å². The SMILES string of the molecule is CC1(C)C(NC(=O)c2ccc(N3CCN(CCCCOc4ccc5c(c4)C(=O)N(C4CCC(=O)NC4=O)C5=O)CC3)nc2)C(C)(C)C1Oc1ccc(C#N)c(Cl)c1. The third kappa shape index (κ3) is 7.78. The lowest BCUT2D eigenvalue weighted by molar-refractivity contribution is -0.164. The Balaban J connectivity index is 0.826. The van der Waals surface area contributed by atoms with Crippen molar-refractivity contribution in [1.29, 1.82) is 5.26 Å². The summed E-state index contributed by atoms with van der Waals surface area (Å²) in [7, 11) is 0. The first-order chi connectivity index (χ1) is 27.2. The average molecular weight is 796 g/mol. The molecular formula is C42H46ClN7O7. The van der Waals surface area contributed by atoms with Crippen molar-refractivity contribution in [3.05, 3.63) is 82.0 Å². The Kier molecular flexibility index (Phi) is 11.0. The number of pyridine rings is 1. The Morgan fingerprint density at radius 2 is 1.67 bits per heavy atom. The van der Waals surface area contributed by atoms with Gasteiger partial charge in [0, 0.05) is 61.7 Å². The van der Waals surface area contributed by atoms with E-state index in [-0.39, 0.29) is 52.9 Å². The van der Waals surface area contributed by atoms with Gasteiger partial charge in [-0.3, -0.25) is 39.1 Å². The molecule has 7 rings (SSSR count). The van der Waals surface area contributed by atoms with E-state index >= 15 is 0 Å². The molecule has 1 unspecified atom stereocenters. The maximum atomic E-state index is 13.4. The van der Waals surface area contributed by atoms with Crippen LogP contribution in [0.1, 0.15) is 90.0 Å². The molecule has 1 aliphatic carbocycles. The van der Waals surface area contributed by atoms with E-state index in [4.69, 9.17) is 21.1 Å². The van der Waals surface area contributed by atoms with Crippen LogP contribution in [0.25, 0.3) is 0 Å². The van der Waals surface area contributed by atoms with Gasteiger partial charge >= 0.3 is 0 Å². The fourth-order valence-electron chi connectivity index (χ4n) is 8.89. The van der Waals surface area contributed by atoms with Gasteiger partial charge in [-0.05, 0) is 68.3 Å². The van der Waals surface area contributed by atoms with Crippen molar-refractivity contribution >= 4 is 47.0 Å². The zero-order chi connectivity index (χ0) is 40.6. The number of piperidine rings is 1. The molecule has 2 N–H and O–H groups in total. The number of carbonyl (C=O) groups excluding carboxylic acids is 5.